The molecule has 4 aliphatic rings. The van der Waals surface area contributed by atoms with Crippen LogP contribution in [0.25, 0.3) is 0 Å². The maximum atomic E-state index is 11.7. The molecule has 4 rings (SSSR count). The van der Waals surface area contributed by atoms with E-state index in [1.165, 1.54) is 16.7 Å². The van der Waals surface area contributed by atoms with Crippen LogP contribution in [0.3, 0.4) is 0 Å². The monoisotopic (exact) mass is 243 g/mol. The van der Waals surface area contributed by atoms with Gasteiger partial charge in [0.2, 0.25) is 0 Å². The Morgan fingerprint density at radius 3 is 3.28 bits per heavy atom. The Balaban J connectivity index is 1.88. The molecule has 0 bridgehead atoms. The number of esters is 1. The van der Waals surface area contributed by atoms with Gasteiger partial charge >= 0.3 is 5.97 Å². The second-order valence-corrected chi connectivity index (χ2v) is 5.58. The van der Waals surface area contributed by atoms with Gasteiger partial charge in [0, 0.05) is 13.1 Å². The van der Waals surface area contributed by atoms with Crippen molar-refractivity contribution in [2.24, 2.45) is 0 Å². The van der Waals surface area contributed by atoms with Crippen molar-refractivity contribution in [2.45, 2.75) is 31.2 Å². The first-order valence-corrected chi connectivity index (χ1v) is 6.80. The Morgan fingerprint density at radius 2 is 2.33 bits per heavy atom. The van der Waals surface area contributed by atoms with E-state index in [-0.39, 0.29) is 11.5 Å². The third kappa shape index (κ3) is 1.20. The van der Waals surface area contributed by atoms with Crippen molar-refractivity contribution in [1.82, 2.24) is 4.90 Å². The average Bonchev–Trinajstić information content (AvgIpc) is 2.78. The summed E-state index contributed by atoms with van der Waals surface area (Å²) in [6.07, 6.45) is 10.7. The Bertz CT molecular complexity index is 515. The predicted octanol–water partition coefficient (Wildman–Crippen LogP) is 1.96. The maximum absolute atomic E-state index is 11.7. The van der Waals surface area contributed by atoms with Crippen molar-refractivity contribution in [3.8, 4) is 0 Å². The smallest absolute Gasteiger partial charge is 0.310 e. The fourth-order valence-corrected chi connectivity index (χ4v) is 4.03. The Hall–Kier alpha value is -1.35. The van der Waals surface area contributed by atoms with Crippen LogP contribution in [0.1, 0.15) is 25.7 Å². The predicted molar refractivity (Wildman–Crippen MR) is 68.0 cm³/mol. The van der Waals surface area contributed by atoms with Crippen LogP contribution >= 0.6 is 0 Å². The zero-order valence-electron chi connectivity index (χ0n) is 10.4. The molecular formula is C15H17NO2. The molecule has 0 saturated heterocycles. The van der Waals surface area contributed by atoms with E-state index in [9.17, 15) is 4.79 Å². The van der Waals surface area contributed by atoms with E-state index in [1.807, 2.05) is 0 Å². The van der Waals surface area contributed by atoms with Crippen molar-refractivity contribution < 1.29 is 9.53 Å². The summed E-state index contributed by atoms with van der Waals surface area (Å²) >= 11 is 0. The van der Waals surface area contributed by atoms with E-state index in [0.29, 0.717) is 13.0 Å². The number of ether oxygens (including phenoxy) is 1. The SMILES string of the molecule is O=C1CC2=C(CCN3CC=C4C=CCC[C@]423)CO1. The molecular weight excluding hydrogens is 226 g/mol. The zero-order valence-corrected chi connectivity index (χ0v) is 10.4. The Labute approximate surface area is 107 Å². The van der Waals surface area contributed by atoms with Gasteiger partial charge in [0.25, 0.3) is 0 Å². The number of cyclic esters (lactones) is 1. The summed E-state index contributed by atoms with van der Waals surface area (Å²) in [6.45, 7) is 2.66. The van der Waals surface area contributed by atoms with Crippen LogP contribution < -0.4 is 0 Å². The third-order valence-electron chi connectivity index (χ3n) is 4.86. The van der Waals surface area contributed by atoms with Crippen LogP contribution in [-0.4, -0.2) is 36.1 Å². The summed E-state index contributed by atoms with van der Waals surface area (Å²) in [5, 5.41) is 0. The lowest BCUT2D eigenvalue weighted by Gasteiger charge is -2.49. The van der Waals surface area contributed by atoms with Crippen molar-refractivity contribution in [1.29, 1.82) is 0 Å². The summed E-state index contributed by atoms with van der Waals surface area (Å²) < 4.78 is 5.22. The molecule has 3 nitrogen and oxygen atoms in total. The second kappa shape index (κ2) is 3.58. The largest absolute Gasteiger partial charge is 0.461 e. The van der Waals surface area contributed by atoms with Crippen LogP contribution in [0, 0.1) is 0 Å². The lowest BCUT2D eigenvalue weighted by atomic mass is 9.70. The standard InChI is InChI=1S/C15H17NO2/c17-14-9-13-11(10-18-14)4-7-16-8-5-12-3-1-2-6-15(12,13)16/h1,3,5H,2,4,6-10H2/t15-/m0/s1. The number of hydrogen-bond acceptors (Lipinski definition) is 3. The molecule has 1 atom stereocenters. The van der Waals surface area contributed by atoms with Gasteiger partial charge in [0.1, 0.15) is 6.61 Å². The molecule has 0 amide bonds. The van der Waals surface area contributed by atoms with Crippen LogP contribution in [0.4, 0.5) is 0 Å². The summed E-state index contributed by atoms with van der Waals surface area (Å²) in [4.78, 5) is 14.2. The number of carbonyl (C=O) groups is 1. The molecule has 3 heterocycles. The molecule has 0 N–H and O–H groups in total. The van der Waals surface area contributed by atoms with Crippen LogP contribution in [0.15, 0.2) is 34.9 Å². The average molecular weight is 243 g/mol. The first kappa shape index (κ1) is 10.6. The number of carbonyl (C=O) groups excluding carboxylic acids is 1. The fourth-order valence-electron chi connectivity index (χ4n) is 4.03. The lowest BCUT2D eigenvalue weighted by Crippen LogP contribution is -2.53. The minimum atomic E-state index is -0.0502. The van der Waals surface area contributed by atoms with Gasteiger partial charge < -0.3 is 4.74 Å². The first-order valence-electron chi connectivity index (χ1n) is 6.80. The van der Waals surface area contributed by atoms with E-state index < -0.39 is 0 Å². The molecule has 0 aromatic rings. The number of rotatable bonds is 0. The van der Waals surface area contributed by atoms with E-state index in [0.717, 1.165) is 32.4 Å². The highest BCUT2D eigenvalue weighted by atomic mass is 16.5. The molecule has 0 radical (unpaired) electrons. The van der Waals surface area contributed by atoms with Gasteiger partial charge in [-0.1, -0.05) is 18.2 Å². The van der Waals surface area contributed by atoms with Crippen molar-refractivity contribution in [3.63, 3.8) is 0 Å². The van der Waals surface area contributed by atoms with E-state index in [1.54, 1.807) is 0 Å². The second-order valence-electron chi connectivity index (χ2n) is 5.58. The molecule has 0 fully saturated rings. The summed E-state index contributed by atoms with van der Waals surface area (Å²) in [7, 11) is 0. The first-order chi connectivity index (χ1) is 8.80. The van der Waals surface area contributed by atoms with E-state index in [2.05, 4.69) is 23.1 Å². The minimum absolute atomic E-state index is 0.0434. The fraction of sp³-hybridized carbons (Fsp3) is 0.533. The van der Waals surface area contributed by atoms with Gasteiger partial charge in [-0.2, -0.15) is 0 Å². The van der Waals surface area contributed by atoms with E-state index in [4.69, 9.17) is 4.74 Å². The van der Waals surface area contributed by atoms with Gasteiger partial charge in [0.05, 0.1) is 12.0 Å². The van der Waals surface area contributed by atoms with Gasteiger partial charge in [-0.25, -0.2) is 0 Å². The Morgan fingerprint density at radius 1 is 1.39 bits per heavy atom. The molecule has 3 aliphatic heterocycles. The van der Waals surface area contributed by atoms with Gasteiger partial charge in [-0.3, -0.25) is 9.69 Å². The molecule has 3 heteroatoms. The molecule has 1 aliphatic carbocycles. The number of nitrogens with zero attached hydrogens (tertiary/aromatic N) is 1. The summed E-state index contributed by atoms with van der Waals surface area (Å²) in [6, 6.07) is 0. The zero-order chi connectivity index (χ0) is 12.2. The van der Waals surface area contributed by atoms with E-state index >= 15 is 0 Å². The van der Waals surface area contributed by atoms with Crippen molar-refractivity contribution in [3.05, 3.63) is 34.9 Å². The van der Waals surface area contributed by atoms with Crippen LogP contribution in [0.5, 0.6) is 0 Å². The number of allylic oxidation sites excluding steroid dienone is 1. The maximum Gasteiger partial charge on any atom is 0.310 e. The van der Waals surface area contributed by atoms with Crippen molar-refractivity contribution >= 4 is 5.97 Å². The summed E-state index contributed by atoms with van der Waals surface area (Å²) in [5.41, 5.74) is 4.20. The van der Waals surface area contributed by atoms with Crippen molar-refractivity contribution in [2.75, 3.05) is 19.7 Å². The van der Waals surface area contributed by atoms with Gasteiger partial charge in [0.15, 0.2) is 0 Å². The molecule has 0 aromatic heterocycles. The molecule has 18 heavy (non-hydrogen) atoms. The molecule has 0 unspecified atom stereocenters. The lowest BCUT2D eigenvalue weighted by molar-refractivity contribution is -0.143. The topological polar surface area (TPSA) is 29.5 Å². The van der Waals surface area contributed by atoms with Gasteiger partial charge in [-0.05, 0) is 36.0 Å². The van der Waals surface area contributed by atoms with Crippen LogP contribution in [-0.2, 0) is 9.53 Å². The molecule has 0 saturated carbocycles. The minimum Gasteiger partial charge on any atom is -0.461 e. The normalized spacial score (nSPS) is 34.7. The van der Waals surface area contributed by atoms with Gasteiger partial charge in [-0.15, -0.1) is 0 Å². The molecule has 1 spiro atoms. The number of hydrogen-bond donors (Lipinski definition) is 0. The highest BCUT2D eigenvalue weighted by molar-refractivity contribution is 5.76. The van der Waals surface area contributed by atoms with Crippen LogP contribution in [0.2, 0.25) is 0 Å². The molecule has 0 aromatic carbocycles. The Kier molecular flexibility index (Phi) is 2.10. The quantitative estimate of drug-likeness (QED) is 0.481. The molecule has 94 valence electrons. The summed E-state index contributed by atoms with van der Waals surface area (Å²) in [5.74, 6) is -0.0502. The highest BCUT2D eigenvalue weighted by Gasteiger charge is 2.50. The third-order valence-corrected chi connectivity index (χ3v) is 4.86. The highest BCUT2D eigenvalue weighted by Crippen LogP contribution is 2.49.